The van der Waals surface area contributed by atoms with Gasteiger partial charge in [0, 0.05) is 0 Å². The molecule has 3 fully saturated rings. The average molecular weight is 690 g/mol. The predicted molar refractivity (Wildman–Crippen MR) is 152 cm³/mol. The molecule has 2 unspecified atom stereocenters. The smallest absolute Gasteiger partial charge is 0.386 e. The first-order valence-corrected chi connectivity index (χ1v) is 18.0. The van der Waals surface area contributed by atoms with Gasteiger partial charge in [0.1, 0.15) is 67.0 Å². The maximum atomic E-state index is 13.5. The van der Waals surface area contributed by atoms with Crippen molar-refractivity contribution < 1.29 is 47.2 Å². The Kier molecular flexibility index (Phi) is 7.64. The first-order valence-electron chi connectivity index (χ1n) is 12.8. The van der Waals surface area contributed by atoms with Gasteiger partial charge >= 0.3 is 6.80 Å². The van der Waals surface area contributed by atoms with E-state index in [0.717, 1.165) is 0 Å². The molecule has 0 spiro atoms. The summed E-state index contributed by atoms with van der Waals surface area (Å²) in [5.74, 6) is 0.182. The lowest BCUT2D eigenvalue weighted by Crippen LogP contribution is -2.37. The van der Waals surface area contributed by atoms with Crippen molar-refractivity contribution in [1.29, 1.82) is 0 Å². The molecule has 24 heteroatoms. The summed E-state index contributed by atoms with van der Waals surface area (Å²) in [7, 11) is 0. The van der Waals surface area contributed by atoms with Crippen LogP contribution in [0.4, 0.5) is 11.6 Å². The van der Waals surface area contributed by atoms with Crippen LogP contribution in [-0.2, 0) is 43.9 Å². The van der Waals surface area contributed by atoms with Gasteiger partial charge in [0.15, 0.2) is 35.4 Å². The lowest BCUT2D eigenvalue weighted by atomic mass is 10.1. The Morgan fingerprint density at radius 2 is 1.41 bits per heavy atom. The number of nitrogens with zero attached hydrogens (tertiary/aromatic N) is 8. The normalized spacial score (nSPS) is 38.3. The molecule has 7 heterocycles. The van der Waals surface area contributed by atoms with E-state index < -0.39 is 75.8 Å². The molecule has 20 nitrogen and oxygen atoms in total. The Morgan fingerprint density at radius 1 is 0.841 bits per heavy atom. The highest BCUT2D eigenvalue weighted by Gasteiger charge is 2.52. The fourth-order valence-electron chi connectivity index (χ4n) is 5.22. The molecule has 2 bridgehead atoms. The number of fused-ring (bicyclic) bond motifs is 5. The molecule has 0 saturated carbocycles. The van der Waals surface area contributed by atoms with E-state index in [0.29, 0.717) is 0 Å². The molecule has 10 atom stereocenters. The van der Waals surface area contributed by atoms with E-state index in [9.17, 15) is 19.7 Å². The molecule has 3 saturated heterocycles. The fourth-order valence-corrected chi connectivity index (χ4v) is 8.10. The van der Waals surface area contributed by atoms with Crippen molar-refractivity contribution in [2.45, 2.75) is 49.1 Å². The van der Waals surface area contributed by atoms with Crippen LogP contribution >= 0.6 is 25.8 Å². The number of ether oxygens (including phenoxy) is 2. The quantitative estimate of drug-likeness (QED) is 0.122. The Labute approximate surface area is 256 Å². The van der Waals surface area contributed by atoms with Gasteiger partial charge in [0.25, 0.3) is 0 Å². The van der Waals surface area contributed by atoms with Crippen LogP contribution in [0.3, 0.4) is 0 Å². The highest BCUT2D eigenvalue weighted by atomic mass is 32.7. The highest BCUT2D eigenvalue weighted by Crippen LogP contribution is 2.57. The molecule has 3 aliphatic heterocycles. The minimum absolute atomic E-state index is 0.0865. The molecule has 0 radical (unpaired) electrons. The van der Waals surface area contributed by atoms with E-state index in [1.165, 1.54) is 34.4 Å². The van der Waals surface area contributed by atoms with Gasteiger partial charge in [0.2, 0.25) is 0 Å². The molecule has 0 aromatic carbocycles. The molecule has 236 valence electrons. The zero-order chi connectivity index (χ0) is 31.0. The standard InChI is InChI=1S/C20H24N10O10P2S2/c21-15-9-17(25-3-23-15)29(5-27-9)19-12(32)13-8(38-19)2-36-42(34,44)40-14-11(31)7(1-35-41(33,43)39-13)37-20(14)30-6-28-10-16(22)24-4-26-18(10)30/h3-8,11-14,19-20,31-32H,1-2H2,(H,33,43)(H,34,44)(H2,21,23,25)(H2,22,24,26)/p-1/t7-,8-,11-,12-,13-,14-,19-,20-,41?,42?/m1/s1. The summed E-state index contributed by atoms with van der Waals surface area (Å²) in [4.78, 5) is 37.9. The van der Waals surface area contributed by atoms with Crippen LogP contribution in [0.25, 0.3) is 22.3 Å². The van der Waals surface area contributed by atoms with E-state index >= 15 is 0 Å². The summed E-state index contributed by atoms with van der Waals surface area (Å²) in [6.07, 6.45) is -5.73. The van der Waals surface area contributed by atoms with Gasteiger partial charge in [-0.15, -0.1) is 0 Å². The largest absolute Gasteiger partial charge is 0.780 e. The van der Waals surface area contributed by atoms with Crippen LogP contribution < -0.4 is 16.4 Å². The zero-order valence-electron chi connectivity index (χ0n) is 22.0. The summed E-state index contributed by atoms with van der Waals surface area (Å²) in [6.45, 7) is -9.83. The molecule has 4 aromatic heterocycles. The first kappa shape index (κ1) is 30.2. The molecule has 4 aromatic rings. The highest BCUT2D eigenvalue weighted by molar-refractivity contribution is 8.44. The van der Waals surface area contributed by atoms with E-state index in [4.69, 9.17) is 50.8 Å². The van der Waals surface area contributed by atoms with Crippen molar-refractivity contribution in [1.82, 2.24) is 39.0 Å². The van der Waals surface area contributed by atoms with Crippen molar-refractivity contribution in [3.63, 3.8) is 0 Å². The molecule has 0 amide bonds. The van der Waals surface area contributed by atoms with Crippen molar-refractivity contribution >= 4 is 71.5 Å². The number of thiol groups is 1. The molecular weight excluding hydrogens is 666 g/mol. The average Bonchev–Trinajstić information content (AvgIpc) is 3.73. The van der Waals surface area contributed by atoms with Crippen LogP contribution in [0.2, 0.25) is 0 Å². The van der Waals surface area contributed by atoms with Crippen LogP contribution in [0.1, 0.15) is 12.5 Å². The van der Waals surface area contributed by atoms with Gasteiger partial charge in [-0.05, 0) is 0 Å². The number of aliphatic hydroxyl groups excluding tert-OH is 2. The topological polar surface area (TPSA) is 275 Å². The van der Waals surface area contributed by atoms with Crippen LogP contribution in [-0.4, -0.2) is 99.1 Å². The summed E-state index contributed by atoms with van der Waals surface area (Å²) in [5, 5.41) is 22.4. The third-order valence-electron chi connectivity index (χ3n) is 7.25. The minimum atomic E-state index is -4.42. The van der Waals surface area contributed by atoms with Gasteiger partial charge in [0.05, 0.1) is 25.9 Å². The van der Waals surface area contributed by atoms with Crippen molar-refractivity contribution in [3.8, 4) is 0 Å². The Balaban J connectivity index is 1.20. The summed E-state index contributed by atoms with van der Waals surface area (Å²) < 4.78 is 50.3. The molecule has 3 aliphatic rings. The maximum absolute atomic E-state index is 13.5. The monoisotopic (exact) mass is 689 g/mol. The van der Waals surface area contributed by atoms with Crippen molar-refractivity contribution in [2.75, 3.05) is 24.7 Å². The number of nitrogens with two attached hydrogens (primary N) is 2. The number of imidazole rings is 2. The lowest BCUT2D eigenvalue weighted by molar-refractivity contribution is -0.218. The number of aromatic nitrogens is 8. The van der Waals surface area contributed by atoms with Crippen LogP contribution in [0.5, 0.6) is 0 Å². The molecule has 7 rings (SSSR count). The molecule has 6 N–H and O–H groups in total. The summed E-state index contributed by atoms with van der Waals surface area (Å²) >= 11 is 9.22. The summed E-state index contributed by atoms with van der Waals surface area (Å²) in [6, 6.07) is 0. The fraction of sp³-hybridized carbons (Fsp3) is 0.500. The second-order valence-corrected chi connectivity index (χ2v) is 15.5. The number of anilines is 2. The maximum Gasteiger partial charge on any atom is 0.386 e. The first-order chi connectivity index (χ1) is 20.9. The van der Waals surface area contributed by atoms with Gasteiger partial charge < -0.3 is 45.1 Å². The number of rotatable bonds is 2. The minimum Gasteiger partial charge on any atom is -0.780 e. The predicted octanol–water partition coefficient (Wildman–Crippen LogP) is -1.21. The molecular formula is C20H23N10O10P2S2-. The van der Waals surface area contributed by atoms with Crippen molar-refractivity contribution in [3.05, 3.63) is 25.3 Å². The zero-order valence-corrected chi connectivity index (χ0v) is 25.5. The van der Waals surface area contributed by atoms with E-state index in [-0.39, 0.29) is 34.0 Å². The Hall–Kier alpha value is -2.43. The van der Waals surface area contributed by atoms with Crippen molar-refractivity contribution in [2.24, 2.45) is 0 Å². The lowest BCUT2D eigenvalue weighted by Gasteiger charge is -2.34. The third-order valence-corrected chi connectivity index (χ3v) is 10.4. The van der Waals surface area contributed by atoms with Gasteiger partial charge in [-0.1, -0.05) is 24.1 Å². The Bertz CT molecular complexity index is 1830. The molecule has 0 aliphatic carbocycles. The Morgan fingerprint density at radius 3 is 2.05 bits per heavy atom. The van der Waals surface area contributed by atoms with Gasteiger partial charge in [-0.2, -0.15) is 0 Å². The number of hydrogen-bond acceptors (Lipinski definition) is 19. The van der Waals surface area contributed by atoms with Gasteiger partial charge in [-0.3, -0.25) is 18.2 Å². The van der Waals surface area contributed by atoms with E-state index in [2.05, 4.69) is 42.2 Å². The third kappa shape index (κ3) is 5.28. The van der Waals surface area contributed by atoms with Crippen LogP contribution in [0.15, 0.2) is 25.3 Å². The summed E-state index contributed by atoms with van der Waals surface area (Å²) in [5.41, 5.74) is 12.7. The number of nitrogen functional groups attached to an aromatic ring is 2. The SMILES string of the molecule is Nc1ncnc2c1ncn2[C@@H]1O[C@@H]2COP([O-])(=S)O[C@@H]3[C@H](O)[C@@H](COP(=O)(S)O[C@H]2[C@H]1O)O[C@H]3n1cnc2c(N)ncnc21. The second kappa shape index (κ2) is 11.1. The number of aliphatic hydroxyl groups is 2. The van der Waals surface area contributed by atoms with E-state index in [1.807, 2.05) is 0 Å². The second-order valence-electron chi connectivity index (χ2n) is 9.92. The molecule has 44 heavy (non-hydrogen) atoms. The van der Waals surface area contributed by atoms with Crippen LogP contribution in [0, 0.1) is 0 Å². The number of hydrogen-bond donors (Lipinski definition) is 5. The van der Waals surface area contributed by atoms with Gasteiger partial charge in [-0.25, -0.2) is 34.5 Å². The van der Waals surface area contributed by atoms with E-state index in [1.54, 1.807) is 0 Å².